The molecular formula is C17H16F3N3OS. The second kappa shape index (κ2) is 7.43. The smallest absolute Gasteiger partial charge is 0.341 e. The Hall–Kier alpha value is -2.09. The summed E-state index contributed by atoms with van der Waals surface area (Å²) in [6.07, 6.45) is -1.59. The van der Waals surface area contributed by atoms with Gasteiger partial charge in [-0.05, 0) is 24.5 Å². The van der Waals surface area contributed by atoms with Gasteiger partial charge in [-0.3, -0.25) is 4.79 Å². The fourth-order valence-corrected chi connectivity index (χ4v) is 3.68. The van der Waals surface area contributed by atoms with Crippen molar-refractivity contribution in [2.24, 2.45) is 0 Å². The third kappa shape index (κ3) is 4.31. The number of halogens is 3. The van der Waals surface area contributed by atoms with Crippen LogP contribution in [0.5, 0.6) is 0 Å². The standard InChI is InChI=1S/C17H16F3N3OS/c18-17(19,20)13-8-9-21-16(22-13)25-14(12-6-2-1-3-7-12)15(24)23-10-4-5-11-23/h1-3,6-9,14H,4-5,10-11H2/t14-/m1/s1. The van der Waals surface area contributed by atoms with Crippen LogP contribution in [0.2, 0.25) is 0 Å². The van der Waals surface area contributed by atoms with Crippen LogP contribution < -0.4 is 0 Å². The lowest BCUT2D eigenvalue weighted by molar-refractivity contribution is -0.141. The summed E-state index contributed by atoms with van der Waals surface area (Å²) >= 11 is 0.954. The van der Waals surface area contributed by atoms with Crippen LogP contribution >= 0.6 is 11.8 Å². The van der Waals surface area contributed by atoms with E-state index in [2.05, 4.69) is 9.97 Å². The topological polar surface area (TPSA) is 46.1 Å². The number of carbonyl (C=O) groups excluding carboxylic acids is 1. The Labute approximate surface area is 147 Å². The summed E-state index contributed by atoms with van der Waals surface area (Å²) in [6, 6.07) is 9.83. The Morgan fingerprint density at radius 2 is 1.80 bits per heavy atom. The van der Waals surface area contributed by atoms with Crippen molar-refractivity contribution >= 4 is 17.7 Å². The van der Waals surface area contributed by atoms with E-state index in [0.29, 0.717) is 13.1 Å². The molecule has 0 radical (unpaired) electrons. The van der Waals surface area contributed by atoms with Crippen molar-refractivity contribution in [2.75, 3.05) is 13.1 Å². The SMILES string of the molecule is O=C([C@H](Sc1nccc(C(F)(F)F)n1)c1ccccc1)N1CCCC1. The molecule has 0 N–H and O–H groups in total. The normalized spacial score (nSPS) is 16.0. The minimum absolute atomic E-state index is 0.0591. The molecule has 0 aliphatic carbocycles. The first-order chi connectivity index (χ1) is 11.9. The predicted octanol–water partition coefficient (Wildman–Crippen LogP) is 3.95. The maximum atomic E-state index is 12.9. The first-order valence-corrected chi connectivity index (χ1v) is 8.74. The lowest BCUT2D eigenvalue weighted by atomic mass is 10.1. The predicted molar refractivity (Wildman–Crippen MR) is 87.9 cm³/mol. The molecule has 4 nitrogen and oxygen atoms in total. The first-order valence-electron chi connectivity index (χ1n) is 7.86. The molecule has 2 aromatic rings. The van der Waals surface area contributed by atoms with Crippen molar-refractivity contribution in [3.63, 3.8) is 0 Å². The van der Waals surface area contributed by atoms with Gasteiger partial charge in [0.15, 0.2) is 5.16 Å². The molecule has 0 spiro atoms. The summed E-state index contributed by atoms with van der Waals surface area (Å²) in [5.41, 5.74) is -0.282. The largest absolute Gasteiger partial charge is 0.433 e. The van der Waals surface area contributed by atoms with E-state index >= 15 is 0 Å². The van der Waals surface area contributed by atoms with Crippen molar-refractivity contribution in [1.82, 2.24) is 14.9 Å². The number of hydrogen-bond donors (Lipinski definition) is 0. The van der Waals surface area contributed by atoms with Crippen molar-refractivity contribution in [3.8, 4) is 0 Å². The van der Waals surface area contributed by atoms with E-state index in [1.165, 1.54) is 0 Å². The van der Waals surface area contributed by atoms with Gasteiger partial charge in [0.1, 0.15) is 10.9 Å². The highest BCUT2D eigenvalue weighted by molar-refractivity contribution is 8.00. The monoisotopic (exact) mass is 367 g/mol. The minimum atomic E-state index is -4.54. The van der Waals surface area contributed by atoms with Crippen LogP contribution in [-0.4, -0.2) is 33.9 Å². The van der Waals surface area contributed by atoms with Gasteiger partial charge in [0.2, 0.25) is 5.91 Å². The molecule has 1 amide bonds. The number of nitrogens with zero attached hydrogens (tertiary/aromatic N) is 3. The number of rotatable bonds is 4. The zero-order chi connectivity index (χ0) is 17.9. The number of thioether (sulfide) groups is 1. The zero-order valence-electron chi connectivity index (χ0n) is 13.2. The number of hydrogen-bond acceptors (Lipinski definition) is 4. The average Bonchev–Trinajstić information content (AvgIpc) is 3.14. The molecule has 0 unspecified atom stereocenters. The highest BCUT2D eigenvalue weighted by atomic mass is 32.2. The number of amides is 1. The van der Waals surface area contributed by atoms with Crippen LogP contribution in [0, 0.1) is 0 Å². The Balaban J connectivity index is 1.89. The van der Waals surface area contributed by atoms with Crippen LogP contribution in [0.3, 0.4) is 0 Å². The number of alkyl halides is 3. The Morgan fingerprint density at radius 3 is 2.44 bits per heavy atom. The fraction of sp³-hybridized carbons (Fsp3) is 0.353. The summed E-state index contributed by atoms with van der Waals surface area (Å²) in [5.74, 6) is -0.116. The van der Waals surface area contributed by atoms with Gasteiger partial charge in [0, 0.05) is 19.3 Å². The molecule has 1 saturated heterocycles. The van der Waals surface area contributed by atoms with Gasteiger partial charge in [0.25, 0.3) is 0 Å². The second-order valence-corrected chi connectivity index (χ2v) is 6.74. The maximum Gasteiger partial charge on any atom is 0.433 e. The van der Waals surface area contributed by atoms with Crippen molar-refractivity contribution < 1.29 is 18.0 Å². The van der Waals surface area contributed by atoms with E-state index < -0.39 is 17.1 Å². The molecule has 1 aromatic heterocycles. The molecule has 3 rings (SSSR count). The van der Waals surface area contributed by atoms with Crippen molar-refractivity contribution in [2.45, 2.75) is 29.4 Å². The molecule has 1 aromatic carbocycles. The third-order valence-electron chi connectivity index (χ3n) is 3.89. The highest BCUT2D eigenvalue weighted by Gasteiger charge is 2.34. The van der Waals surface area contributed by atoms with E-state index in [9.17, 15) is 18.0 Å². The molecule has 132 valence electrons. The molecule has 1 atom stereocenters. The van der Waals surface area contributed by atoms with E-state index in [-0.39, 0.29) is 11.1 Å². The van der Waals surface area contributed by atoms with E-state index in [4.69, 9.17) is 0 Å². The maximum absolute atomic E-state index is 12.9. The average molecular weight is 367 g/mol. The van der Waals surface area contributed by atoms with Gasteiger partial charge in [-0.15, -0.1) is 0 Å². The Bertz CT molecular complexity index is 733. The summed E-state index contributed by atoms with van der Waals surface area (Å²) in [7, 11) is 0. The Kier molecular flexibility index (Phi) is 5.27. The number of benzene rings is 1. The van der Waals surface area contributed by atoms with E-state index in [0.717, 1.165) is 42.4 Å². The van der Waals surface area contributed by atoms with E-state index in [1.807, 2.05) is 6.07 Å². The van der Waals surface area contributed by atoms with Gasteiger partial charge in [-0.2, -0.15) is 13.2 Å². The van der Waals surface area contributed by atoms with Gasteiger partial charge in [-0.25, -0.2) is 9.97 Å². The van der Waals surface area contributed by atoms with Gasteiger partial charge < -0.3 is 4.90 Å². The number of likely N-dealkylation sites (tertiary alicyclic amines) is 1. The molecule has 1 fully saturated rings. The van der Waals surface area contributed by atoms with Gasteiger partial charge in [-0.1, -0.05) is 42.1 Å². The van der Waals surface area contributed by atoms with Crippen LogP contribution in [-0.2, 0) is 11.0 Å². The molecule has 0 saturated carbocycles. The van der Waals surface area contributed by atoms with Crippen molar-refractivity contribution in [3.05, 3.63) is 53.9 Å². The molecule has 8 heteroatoms. The van der Waals surface area contributed by atoms with Crippen LogP contribution in [0.1, 0.15) is 29.3 Å². The highest BCUT2D eigenvalue weighted by Crippen LogP contribution is 2.37. The van der Waals surface area contributed by atoms with Crippen LogP contribution in [0.15, 0.2) is 47.8 Å². The van der Waals surface area contributed by atoms with Gasteiger partial charge in [0.05, 0.1) is 0 Å². The number of aromatic nitrogens is 2. The molecular weight excluding hydrogens is 351 g/mol. The zero-order valence-corrected chi connectivity index (χ0v) is 14.1. The molecule has 25 heavy (non-hydrogen) atoms. The Morgan fingerprint density at radius 1 is 1.12 bits per heavy atom. The lowest BCUT2D eigenvalue weighted by Gasteiger charge is -2.22. The van der Waals surface area contributed by atoms with Gasteiger partial charge >= 0.3 is 6.18 Å². The summed E-state index contributed by atoms with van der Waals surface area (Å²) < 4.78 is 38.6. The summed E-state index contributed by atoms with van der Waals surface area (Å²) in [6.45, 7) is 1.35. The summed E-state index contributed by atoms with van der Waals surface area (Å²) in [5, 5.41) is -0.723. The van der Waals surface area contributed by atoms with Crippen molar-refractivity contribution in [1.29, 1.82) is 0 Å². The fourth-order valence-electron chi connectivity index (χ4n) is 2.65. The molecule has 1 aliphatic rings. The first kappa shape index (κ1) is 17.7. The molecule has 0 bridgehead atoms. The third-order valence-corrected chi connectivity index (χ3v) is 5.01. The second-order valence-electron chi connectivity index (χ2n) is 5.66. The summed E-state index contributed by atoms with van der Waals surface area (Å²) in [4.78, 5) is 22.1. The van der Waals surface area contributed by atoms with Crippen LogP contribution in [0.25, 0.3) is 0 Å². The van der Waals surface area contributed by atoms with E-state index in [1.54, 1.807) is 29.2 Å². The number of carbonyl (C=O) groups is 1. The van der Waals surface area contributed by atoms with Crippen LogP contribution in [0.4, 0.5) is 13.2 Å². The molecule has 2 heterocycles. The molecule has 1 aliphatic heterocycles. The minimum Gasteiger partial charge on any atom is -0.341 e. The quantitative estimate of drug-likeness (QED) is 0.606. The lowest BCUT2D eigenvalue weighted by Crippen LogP contribution is -2.31.